The molecule has 0 aliphatic rings. The lowest BCUT2D eigenvalue weighted by Crippen LogP contribution is -2.30. The molecule has 120 valence electrons. The van der Waals surface area contributed by atoms with Gasteiger partial charge in [-0.25, -0.2) is 4.79 Å². The van der Waals surface area contributed by atoms with Crippen LogP contribution in [-0.2, 0) is 4.74 Å². The second-order valence-electron chi connectivity index (χ2n) is 5.28. The molecular weight excluding hydrogens is 296 g/mol. The van der Waals surface area contributed by atoms with E-state index in [2.05, 4.69) is 5.10 Å². The zero-order chi connectivity index (χ0) is 17.1. The van der Waals surface area contributed by atoms with Crippen LogP contribution < -0.4 is 5.56 Å². The number of carbonyl (C=O) groups is 2. The van der Waals surface area contributed by atoms with Crippen molar-refractivity contribution < 1.29 is 14.3 Å². The van der Waals surface area contributed by atoms with Gasteiger partial charge in [0.25, 0.3) is 5.56 Å². The highest BCUT2D eigenvalue weighted by atomic mass is 16.5. The Morgan fingerprint density at radius 3 is 2.26 bits per heavy atom. The largest absolute Gasteiger partial charge is 0.462 e. The van der Waals surface area contributed by atoms with Crippen LogP contribution in [0.5, 0.6) is 0 Å². The van der Waals surface area contributed by atoms with Gasteiger partial charge in [0, 0.05) is 6.92 Å². The fourth-order valence-corrected chi connectivity index (χ4v) is 2.27. The number of hydrogen-bond acceptors (Lipinski definition) is 5. The second-order valence-corrected chi connectivity index (χ2v) is 5.28. The molecule has 0 N–H and O–H groups in total. The molecule has 0 aliphatic carbocycles. The summed E-state index contributed by atoms with van der Waals surface area (Å²) < 4.78 is 5.96. The van der Waals surface area contributed by atoms with Crippen molar-refractivity contribution in [3.8, 4) is 5.69 Å². The summed E-state index contributed by atoms with van der Waals surface area (Å²) in [4.78, 5) is 36.2. The number of benzene rings is 1. The van der Waals surface area contributed by atoms with Gasteiger partial charge in [0.05, 0.1) is 12.3 Å². The summed E-state index contributed by atoms with van der Waals surface area (Å²) in [6.07, 6.45) is 0. The first-order chi connectivity index (χ1) is 10.8. The van der Waals surface area contributed by atoms with Gasteiger partial charge in [-0.3, -0.25) is 9.59 Å². The predicted octanol–water partition coefficient (Wildman–Crippen LogP) is 2.23. The first kappa shape index (κ1) is 16.6. The minimum absolute atomic E-state index is 0.0341. The predicted molar refractivity (Wildman–Crippen MR) is 85.3 cm³/mol. The molecule has 6 heteroatoms. The molecule has 0 aliphatic heterocycles. The van der Waals surface area contributed by atoms with Crippen LogP contribution in [0.3, 0.4) is 0 Å². The molecule has 2 aromatic rings. The molecule has 1 aromatic carbocycles. The number of Topliss-reactive ketones (excluding diaryl/α,β-unsaturated/α-hetero) is 1. The van der Waals surface area contributed by atoms with Crippen LogP contribution in [0.4, 0.5) is 0 Å². The molecule has 0 radical (unpaired) electrons. The van der Waals surface area contributed by atoms with Gasteiger partial charge >= 0.3 is 5.97 Å². The summed E-state index contributed by atoms with van der Waals surface area (Å²) in [5.74, 6) is -1.10. The summed E-state index contributed by atoms with van der Waals surface area (Å²) in [5.41, 5.74) is 1.61. The zero-order valence-corrected chi connectivity index (χ0v) is 13.5. The lowest BCUT2D eigenvalue weighted by atomic mass is 10.1. The topological polar surface area (TPSA) is 78.3 Å². The summed E-state index contributed by atoms with van der Waals surface area (Å²) in [6, 6.07) is 6.66. The Labute approximate surface area is 133 Å². The number of esters is 1. The Hall–Kier alpha value is -2.76. The zero-order valence-electron chi connectivity index (χ0n) is 13.5. The fourth-order valence-electron chi connectivity index (χ4n) is 2.27. The van der Waals surface area contributed by atoms with E-state index >= 15 is 0 Å². The number of aryl methyl sites for hydroxylation is 2. The van der Waals surface area contributed by atoms with E-state index in [1.165, 1.54) is 13.0 Å². The van der Waals surface area contributed by atoms with Crippen molar-refractivity contribution in [2.24, 2.45) is 0 Å². The highest BCUT2D eigenvalue weighted by Gasteiger charge is 2.19. The molecule has 0 atom stereocenters. The summed E-state index contributed by atoms with van der Waals surface area (Å²) in [7, 11) is 0. The maximum Gasteiger partial charge on any atom is 0.343 e. The van der Waals surface area contributed by atoms with Gasteiger partial charge in [-0.15, -0.1) is 0 Å². The third kappa shape index (κ3) is 3.53. The third-order valence-electron chi connectivity index (χ3n) is 3.22. The summed E-state index contributed by atoms with van der Waals surface area (Å²) in [5, 5.41) is 4.07. The highest BCUT2D eigenvalue weighted by molar-refractivity contribution is 5.96. The molecular formula is C17H18N2O4. The average molecular weight is 314 g/mol. The molecule has 0 unspecified atom stereocenters. The van der Waals surface area contributed by atoms with Crippen molar-refractivity contribution in [2.45, 2.75) is 27.7 Å². The molecule has 0 saturated heterocycles. The van der Waals surface area contributed by atoms with Gasteiger partial charge in [-0.1, -0.05) is 6.07 Å². The molecule has 0 fully saturated rings. The van der Waals surface area contributed by atoms with Crippen molar-refractivity contribution in [3.63, 3.8) is 0 Å². The van der Waals surface area contributed by atoms with Crippen LogP contribution in [0.15, 0.2) is 29.1 Å². The summed E-state index contributed by atoms with van der Waals surface area (Å²) in [6.45, 7) is 6.89. The monoisotopic (exact) mass is 314 g/mol. The normalized spacial score (nSPS) is 10.4. The molecule has 0 bridgehead atoms. The molecule has 1 aromatic heterocycles. The molecule has 2 rings (SSSR count). The second kappa shape index (κ2) is 6.56. The number of aromatic nitrogens is 2. The number of ether oxygens (including phenoxy) is 1. The minimum Gasteiger partial charge on any atom is -0.462 e. The summed E-state index contributed by atoms with van der Waals surface area (Å²) >= 11 is 0. The average Bonchev–Trinajstić information content (AvgIpc) is 2.46. The van der Waals surface area contributed by atoms with Crippen molar-refractivity contribution in [3.05, 3.63) is 57.0 Å². The minimum atomic E-state index is -0.763. The van der Waals surface area contributed by atoms with E-state index in [1.54, 1.807) is 19.1 Å². The van der Waals surface area contributed by atoms with Crippen LogP contribution in [0.1, 0.15) is 45.8 Å². The molecule has 23 heavy (non-hydrogen) atoms. The van der Waals surface area contributed by atoms with Crippen LogP contribution in [-0.4, -0.2) is 28.1 Å². The van der Waals surface area contributed by atoms with E-state index in [4.69, 9.17) is 4.74 Å². The van der Waals surface area contributed by atoms with Gasteiger partial charge < -0.3 is 4.74 Å². The van der Waals surface area contributed by atoms with Gasteiger partial charge in [-0.05, 0) is 50.1 Å². The van der Waals surface area contributed by atoms with Crippen molar-refractivity contribution >= 4 is 11.8 Å². The van der Waals surface area contributed by atoms with Crippen molar-refractivity contribution in [1.82, 2.24) is 9.78 Å². The number of carbonyl (C=O) groups excluding carboxylic acids is 2. The maximum atomic E-state index is 12.6. The number of ketones is 1. The van der Waals surface area contributed by atoms with Crippen LogP contribution in [0.25, 0.3) is 5.69 Å². The SMILES string of the molecule is CCOC(=O)c1cc(C(C)=O)nn(-c2cc(C)cc(C)c2)c1=O. The number of rotatable bonds is 4. The molecule has 0 amide bonds. The van der Waals surface area contributed by atoms with Crippen LogP contribution >= 0.6 is 0 Å². The Morgan fingerprint density at radius 1 is 1.13 bits per heavy atom. The maximum absolute atomic E-state index is 12.6. The Morgan fingerprint density at radius 2 is 1.74 bits per heavy atom. The first-order valence-corrected chi connectivity index (χ1v) is 7.24. The highest BCUT2D eigenvalue weighted by Crippen LogP contribution is 2.12. The van der Waals surface area contributed by atoms with Crippen LogP contribution in [0, 0.1) is 13.8 Å². The lowest BCUT2D eigenvalue weighted by Gasteiger charge is -2.10. The Bertz CT molecular complexity index is 817. The third-order valence-corrected chi connectivity index (χ3v) is 3.22. The van der Waals surface area contributed by atoms with Gasteiger partial charge in [-0.2, -0.15) is 9.78 Å². The van der Waals surface area contributed by atoms with E-state index in [-0.39, 0.29) is 23.6 Å². The van der Waals surface area contributed by atoms with E-state index in [0.29, 0.717) is 5.69 Å². The van der Waals surface area contributed by atoms with Gasteiger partial charge in [0.2, 0.25) is 0 Å². The van der Waals surface area contributed by atoms with E-state index in [1.807, 2.05) is 19.9 Å². The van der Waals surface area contributed by atoms with Crippen molar-refractivity contribution in [1.29, 1.82) is 0 Å². The number of hydrogen-bond donors (Lipinski definition) is 0. The first-order valence-electron chi connectivity index (χ1n) is 7.24. The van der Waals surface area contributed by atoms with Gasteiger partial charge in [0.1, 0.15) is 11.3 Å². The molecule has 0 spiro atoms. The standard InChI is InChI=1S/C17H18N2O4/c1-5-23-17(22)14-9-15(12(4)20)18-19(16(14)21)13-7-10(2)6-11(3)8-13/h6-9H,5H2,1-4H3. The van der Waals surface area contributed by atoms with Crippen LogP contribution in [0.2, 0.25) is 0 Å². The Kier molecular flexibility index (Phi) is 4.74. The van der Waals surface area contributed by atoms with Crippen molar-refractivity contribution in [2.75, 3.05) is 6.61 Å². The fraction of sp³-hybridized carbons (Fsp3) is 0.294. The smallest absolute Gasteiger partial charge is 0.343 e. The Balaban J connectivity index is 2.74. The quantitative estimate of drug-likeness (QED) is 0.639. The molecule has 6 nitrogen and oxygen atoms in total. The van der Waals surface area contributed by atoms with E-state index in [9.17, 15) is 14.4 Å². The van der Waals surface area contributed by atoms with E-state index in [0.717, 1.165) is 15.8 Å². The molecule has 0 saturated carbocycles. The number of nitrogens with zero attached hydrogens (tertiary/aromatic N) is 2. The van der Waals surface area contributed by atoms with Gasteiger partial charge in [0.15, 0.2) is 5.78 Å². The van der Waals surface area contributed by atoms with E-state index < -0.39 is 11.5 Å². The molecule has 1 heterocycles. The lowest BCUT2D eigenvalue weighted by molar-refractivity contribution is 0.0523.